The number of aliphatic hydroxyl groups excluding tert-OH is 2. The first-order chi connectivity index (χ1) is 5.41. The summed E-state index contributed by atoms with van der Waals surface area (Å²) < 4.78 is 0. The van der Waals surface area contributed by atoms with Crippen molar-refractivity contribution in [2.24, 2.45) is 16.7 Å². The molecule has 4 atom stereocenters. The van der Waals surface area contributed by atoms with Crippen LogP contribution in [-0.4, -0.2) is 22.4 Å². The van der Waals surface area contributed by atoms with Crippen LogP contribution in [0.25, 0.3) is 0 Å². The van der Waals surface area contributed by atoms with Crippen molar-refractivity contribution in [1.29, 1.82) is 0 Å². The first-order valence-electron chi connectivity index (χ1n) is 4.77. The summed E-state index contributed by atoms with van der Waals surface area (Å²) in [6.07, 6.45) is 1.13. The Balaban J connectivity index is 2.44. The average Bonchev–Trinajstić information content (AvgIpc) is 2.26. The number of fused-ring (bicyclic) bond motifs is 2. The van der Waals surface area contributed by atoms with E-state index >= 15 is 0 Å². The Morgan fingerprint density at radius 3 is 2.00 bits per heavy atom. The summed E-state index contributed by atoms with van der Waals surface area (Å²) in [6.45, 7) is 6.45. The monoisotopic (exact) mass is 170 g/mol. The van der Waals surface area contributed by atoms with Gasteiger partial charge in [0.15, 0.2) is 0 Å². The second-order valence-corrected chi connectivity index (χ2v) is 5.22. The molecule has 2 aliphatic rings. The predicted octanol–water partition coefficient (Wildman–Crippen LogP) is 1.16. The minimum Gasteiger partial charge on any atom is -0.390 e. The summed E-state index contributed by atoms with van der Waals surface area (Å²) in [4.78, 5) is 0. The Labute approximate surface area is 73.6 Å². The molecule has 0 radical (unpaired) electrons. The van der Waals surface area contributed by atoms with Gasteiger partial charge in [-0.05, 0) is 24.2 Å². The first kappa shape index (κ1) is 8.52. The third-order valence-corrected chi connectivity index (χ3v) is 4.76. The lowest BCUT2D eigenvalue weighted by Gasteiger charge is -2.36. The highest BCUT2D eigenvalue weighted by Crippen LogP contribution is 2.65. The van der Waals surface area contributed by atoms with E-state index in [2.05, 4.69) is 20.8 Å². The average molecular weight is 170 g/mol. The van der Waals surface area contributed by atoms with E-state index in [9.17, 15) is 10.2 Å². The summed E-state index contributed by atoms with van der Waals surface area (Å²) >= 11 is 0. The highest BCUT2D eigenvalue weighted by Gasteiger charge is 2.65. The Hall–Kier alpha value is -0.0800. The summed E-state index contributed by atoms with van der Waals surface area (Å²) in [5.41, 5.74) is 0.0446. The van der Waals surface area contributed by atoms with E-state index in [1.807, 2.05) is 0 Å². The van der Waals surface area contributed by atoms with Gasteiger partial charge in [0.1, 0.15) is 0 Å². The molecule has 0 aromatic rings. The van der Waals surface area contributed by atoms with Crippen LogP contribution in [0.15, 0.2) is 0 Å². The number of rotatable bonds is 0. The molecule has 2 N–H and O–H groups in total. The maximum Gasteiger partial charge on any atom is 0.0860 e. The van der Waals surface area contributed by atoms with Crippen LogP contribution in [0.1, 0.15) is 33.6 Å². The third-order valence-electron chi connectivity index (χ3n) is 4.76. The fourth-order valence-corrected chi connectivity index (χ4v) is 3.29. The maximum atomic E-state index is 9.83. The first-order valence-corrected chi connectivity index (χ1v) is 4.77. The van der Waals surface area contributed by atoms with Crippen molar-refractivity contribution in [3.63, 3.8) is 0 Å². The standard InChI is InChI=1S/C10H18O2/c1-9(2)6-4-5-10(9,3)8(12)7(6)11/h6-8,11-12H,4-5H2,1-3H3/t6-,7+,8-,10-/m0/s1. The molecule has 0 aliphatic heterocycles. The van der Waals surface area contributed by atoms with E-state index < -0.39 is 12.2 Å². The van der Waals surface area contributed by atoms with E-state index in [1.165, 1.54) is 0 Å². The summed E-state index contributed by atoms with van der Waals surface area (Å²) in [5, 5.41) is 19.6. The lowest BCUT2D eigenvalue weighted by atomic mass is 9.70. The minimum absolute atomic E-state index is 0.0584. The zero-order valence-electron chi connectivity index (χ0n) is 8.04. The number of aliphatic hydroxyl groups is 2. The molecule has 2 rings (SSSR count). The fourth-order valence-electron chi connectivity index (χ4n) is 3.29. The van der Waals surface area contributed by atoms with Gasteiger partial charge in [0.05, 0.1) is 12.2 Å². The molecule has 2 aliphatic carbocycles. The molecule has 0 aromatic carbocycles. The Bertz CT molecular complexity index is 212. The molecule has 0 heterocycles. The van der Waals surface area contributed by atoms with Gasteiger partial charge in [-0.3, -0.25) is 0 Å². The lowest BCUT2D eigenvalue weighted by Crippen LogP contribution is -2.39. The van der Waals surface area contributed by atoms with Crippen molar-refractivity contribution in [2.45, 2.75) is 45.8 Å². The molecule has 2 fully saturated rings. The zero-order chi connectivity index (χ0) is 9.15. The number of hydrogen-bond donors (Lipinski definition) is 2. The van der Waals surface area contributed by atoms with Crippen molar-refractivity contribution < 1.29 is 10.2 Å². The summed E-state index contributed by atoms with van der Waals surface area (Å²) in [5.74, 6) is 0.303. The van der Waals surface area contributed by atoms with Crippen LogP contribution in [0.5, 0.6) is 0 Å². The van der Waals surface area contributed by atoms with Gasteiger partial charge in [-0.25, -0.2) is 0 Å². The molecule has 70 valence electrons. The summed E-state index contributed by atoms with van der Waals surface area (Å²) in [7, 11) is 0. The Kier molecular flexibility index (Phi) is 1.45. The smallest absolute Gasteiger partial charge is 0.0860 e. The third kappa shape index (κ3) is 0.647. The molecule has 2 bridgehead atoms. The van der Waals surface area contributed by atoms with E-state index in [0.717, 1.165) is 12.8 Å². The van der Waals surface area contributed by atoms with Crippen molar-refractivity contribution in [3.8, 4) is 0 Å². The van der Waals surface area contributed by atoms with Gasteiger partial charge in [-0.2, -0.15) is 0 Å². The van der Waals surface area contributed by atoms with Crippen molar-refractivity contribution >= 4 is 0 Å². The molecule has 2 saturated carbocycles. The Morgan fingerprint density at radius 2 is 1.75 bits per heavy atom. The molecule has 2 nitrogen and oxygen atoms in total. The highest BCUT2D eigenvalue weighted by molar-refractivity contribution is 5.14. The van der Waals surface area contributed by atoms with Crippen molar-refractivity contribution in [3.05, 3.63) is 0 Å². The van der Waals surface area contributed by atoms with Gasteiger partial charge in [-0.1, -0.05) is 20.8 Å². The van der Waals surface area contributed by atoms with Gasteiger partial charge in [-0.15, -0.1) is 0 Å². The van der Waals surface area contributed by atoms with Crippen LogP contribution in [0, 0.1) is 16.7 Å². The van der Waals surface area contributed by atoms with Crippen molar-refractivity contribution in [1.82, 2.24) is 0 Å². The molecule has 12 heavy (non-hydrogen) atoms. The van der Waals surface area contributed by atoms with Gasteiger partial charge in [0.25, 0.3) is 0 Å². The highest BCUT2D eigenvalue weighted by atomic mass is 16.3. The van der Waals surface area contributed by atoms with Crippen LogP contribution in [0.4, 0.5) is 0 Å². The van der Waals surface area contributed by atoms with Crippen LogP contribution < -0.4 is 0 Å². The molecule has 0 amide bonds. The van der Waals surface area contributed by atoms with Gasteiger partial charge < -0.3 is 10.2 Å². The second kappa shape index (κ2) is 2.05. The van der Waals surface area contributed by atoms with E-state index in [-0.39, 0.29) is 10.8 Å². The number of hydrogen-bond acceptors (Lipinski definition) is 2. The van der Waals surface area contributed by atoms with E-state index in [0.29, 0.717) is 5.92 Å². The van der Waals surface area contributed by atoms with E-state index in [1.54, 1.807) is 0 Å². The molecular weight excluding hydrogens is 152 g/mol. The molecule has 0 aromatic heterocycles. The lowest BCUT2D eigenvalue weighted by molar-refractivity contribution is -0.0508. The van der Waals surface area contributed by atoms with Gasteiger partial charge in [0, 0.05) is 5.41 Å². The van der Waals surface area contributed by atoms with Crippen molar-refractivity contribution in [2.75, 3.05) is 0 Å². The normalized spacial score (nSPS) is 56.2. The second-order valence-electron chi connectivity index (χ2n) is 5.22. The van der Waals surface area contributed by atoms with E-state index in [4.69, 9.17) is 0 Å². The van der Waals surface area contributed by atoms with Gasteiger partial charge in [0.2, 0.25) is 0 Å². The van der Waals surface area contributed by atoms with Crippen LogP contribution in [-0.2, 0) is 0 Å². The summed E-state index contributed by atoms with van der Waals surface area (Å²) in [6, 6.07) is 0. The molecule has 2 heteroatoms. The predicted molar refractivity (Wildman–Crippen MR) is 46.6 cm³/mol. The maximum absolute atomic E-state index is 9.83. The minimum atomic E-state index is -0.508. The molecule has 0 unspecified atom stereocenters. The molecular formula is C10H18O2. The fraction of sp³-hybridized carbons (Fsp3) is 1.00. The van der Waals surface area contributed by atoms with Crippen LogP contribution in [0.3, 0.4) is 0 Å². The van der Waals surface area contributed by atoms with Gasteiger partial charge >= 0.3 is 0 Å². The quantitative estimate of drug-likeness (QED) is 0.573. The molecule has 0 saturated heterocycles. The zero-order valence-corrected chi connectivity index (χ0v) is 8.04. The molecule has 0 spiro atoms. The Morgan fingerprint density at radius 1 is 1.17 bits per heavy atom. The topological polar surface area (TPSA) is 40.5 Å². The van der Waals surface area contributed by atoms with Crippen LogP contribution in [0.2, 0.25) is 0 Å². The SMILES string of the molecule is CC1(C)[C@H]2CC[C@@]1(C)[C@@H](O)[C@@H]2O. The largest absolute Gasteiger partial charge is 0.390 e. The van der Waals surface area contributed by atoms with Crippen LogP contribution >= 0.6 is 0 Å².